The molecule has 0 spiro atoms. The molecule has 0 saturated carbocycles. The standard InChI is InChI=1S/C17H18IN5/c18-14-8-15(11-19-10-14)23-6-4-22(5-7-23)12-13-9-21-17-16(13)2-1-3-20-17/h1-3,8-11H,4-7,12H2,(H,20,21). The monoisotopic (exact) mass is 419 g/mol. The lowest BCUT2D eigenvalue weighted by Crippen LogP contribution is -2.46. The Labute approximate surface area is 148 Å². The van der Waals surface area contributed by atoms with Gasteiger partial charge in [-0.15, -0.1) is 0 Å². The van der Waals surface area contributed by atoms with Gasteiger partial charge in [0.25, 0.3) is 0 Å². The lowest BCUT2D eigenvalue weighted by atomic mass is 10.2. The second-order valence-electron chi connectivity index (χ2n) is 5.84. The maximum absolute atomic E-state index is 4.36. The summed E-state index contributed by atoms with van der Waals surface area (Å²) in [7, 11) is 0. The molecule has 1 aliphatic rings. The maximum atomic E-state index is 4.36. The summed E-state index contributed by atoms with van der Waals surface area (Å²) in [6.07, 6.45) is 7.78. The van der Waals surface area contributed by atoms with Crippen LogP contribution >= 0.6 is 22.6 Å². The molecule has 0 amide bonds. The topological polar surface area (TPSA) is 48.1 Å². The number of halogens is 1. The zero-order valence-corrected chi connectivity index (χ0v) is 14.9. The molecule has 4 heterocycles. The molecule has 4 rings (SSSR count). The van der Waals surface area contributed by atoms with E-state index >= 15 is 0 Å². The van der Waals surface area contributed by atoms with Crippen LogP contribution in [0.2, 0.25) is 0 Å². The summed E-state index contributed by atoms with van der Waals surface area (Å²) >= 11 is 2.32. The number of nitrogens with one attached hydrogen (secondary N) is 1. The molecule has 5 nitrogen and oxygen atoms in total. The van der Waals surface area contributed by atoms with Gasteiger partial charge in [-0.1, -0.05) is 0 Å². The van der Waals surface area contributed by atoms with Gasteiger partial charge < -0.3 is 9.88 Å². The van der Waals surface area contributed by atoms with Crippen molar-refractivity contribution in [2.24, 2.45) is 0 Å². The van der Waals surface area contributed by atoms with Crippen molar-refractivity contribution < 1.29 is 0 Å². The summed E-state index contributed by atoms with van der Waals surface area (Å²) in [5.41, 5.74) is 3.54. The molecule has 0 unspecified atom stereocenters. The lowest BCUT2D eigenvalue weighted by Gasteiger charge is -2.35. The minimum Gasteiger partial charge on any atom is -0.368 e. The summed E-state index contributed by atoms with van der Waals surface area (Å²) < 4.78 is 1.19. The zero-order valence-electron chi connectivity index (χ0n) is 12.7. The highest BCUT2D eigenvalue weighted by Gasteiger charge is 2.18. The van der Waals surface area contributed by atoms with Crippen LogP contribution in [0.5, 0.6) is 0 Å². The Hall–Kier alpha value is -1.67. The highest BCUT2D eigenvalue weighted by molar-refractivity contribution is 14.1. The van der Waals surface area contributed by atoms with E-state index in [2.05, 4.69) is 65.7 Å². The number of hydrogen-bond donors (Lipinski definition) is 1. The third-order valence-corrected chi connectivity index (χ3v) is 4.95. The average molecular weight is 419 g/mol. The number of nitrogens with zero attached hydrogens (tertiary/aromatic N) is 4. The molecule has 118 valence electrons. The first-order chi connectivity index (χ1) is 11.3. The minimum atomic E-state index is 0.976. The zero-order chi connectivity index (χ0) is 15.6. The molecule has 1 saturated heterocycles. The van der Waals surface area contributed by atoms with Gasteiger partial charge in [-0.3, -0.25) is 9.88 Å². The van der Waals surface area contributed by atoms with E-state index in [1.54, 1.807) is 0 Å². The van der Waals surface area contributed by atoms with Gasteiger partial charge in [0.2, 0.25) is 0 Å². The van der Waals surface area contributed by atoms with Gasteiger partial charge in [0, 0.05) is 60.3 Å². The molecular weight excluding hydrogens is 401 g/mol. The Bertz CT molecular complexity index is 807. The van der Waals surface area contributed by atoms with Gasteiger partial charge in [-0.25, -0.2) is 4.98 Å². The highest BCUT2D eigenvalue weighted by atomic mass is 127. The van der Waals surface area contributed by atoms with Gasteiger partial charge in [0.1, 0.15) is 5.65 Å². The van der Waals surface area contributed by atoms with Crippen LogP contribution in [0.15, 0.2) is 43.0 Å². The Morgan fingerprint density at radius 3 is 2.87 bits per heavy atom. The van der Waals surface area contributed by atoms with Crippen molar-refractivity contribution in [1.82, 2.24) is 19.9 Å². The number of fused-ring (bicyclic) bond motifs is 1. The fourth-order valence-electron chi connectivity index (χ4n) is 3.12. The highest BCUT2D eigenvalue weighted by Crippen LogP contribution is 2.21. The van der Waals surface area contributed by atoms with Crippen molar-refractivity contribution in [2.45, 2.75) is 6.54 Å². The summed E-state index contributed by atoms with van der Waals surface area (Å²) in [4.78, 5) is 16.9. The summed E-state index contributed by atoms with van der Waals surface area (Å²) in [6.45, 7) is 5.20. The number of aromatic amines is 1. The number of rotatable bonds is 3. The second-order valence-corrected chi connectivity index (χ2v) is 7.08. The second kappa shape index (κ2) is 6.45. The molecule has 0 bridgehead atoms. The number of anilines is 1. The predicted octanol–water partition coefficient (Wildman–Crippen LogP) is 2.88. The molecule has 0 atom stereocenters. The summed E-state index contributed by atoms with van der Waals surface area (Å²) in [6, 6.07) is 6.35. The average Bonchev–Trinajstić information content (AvgIpc) is 2.99. The largest absolute Gasteiger partial charge is 0.368 e. The minimum absolute atomic E-state index is 0.976. The molecule has 0 aliphatic carbocycles. The fraction of sp³-hybridized carbons (Fsp3) is 0.294. The Morgan fingerprint density at radius 2 is 2.04 bits per heavy atom. The summed E-state index contributed by atoms with van der Waals surface area (Å²) in [5.74, 6) is 0. The number of pyridine rings is 2. The van der Waals surface area contributed by atoms with Crippen LogP contribution in [-0.2, 0) is 6.54 Å². The van der Waals surface area contributed by atoms with Gasteiger partial charge in [-0.2, -0.15) is 0 Å². The van der Waals surface area contributed by atoms with E-state index in [-0.39, 0.29) is 0 Å². The smallest absolute Gasteiger partial charge is 0.137 e. The molecule has 23 heavy (non-hydrogen) atoms. The molecule has 1 aliphatic heterocycles. The molecule has 3 aromatic rings. The first-order valence-electron chi connectivity index (χ1n) is 7.78. The van der Waals surface area contributed by atoms with Gasteiger partial charge in [0.05, 0.1) is 11.9 Å². The van der Waals surface area contributed by atoms with Gasteiger partial charge in [0.15, 0.2) is 0 Å². The number of hydrogen-bond acceptors (Lipinski definition) is 4. The van der Waals surface area contributed by atoms with Crippen LogP contribution in [0.4, 0.5) is 5.69 Å². The van der Waals surface area contributed by atoms with E-state index in [1.165, 1.54) is 20.2 Å². The van der Waals surface area contributed by atoms with E-state index in [4.69, 9.17) is 0 Å². The van der Waals surface area contributed by atoms with Crippen molar-refractivity contribution >= 4 is 39.3 Å². The van der Waals surface area contributed by atoms with Gasteiger partial charge >= 0.3 is 0 Å². The SMILES string of the molecule is Ic1cncc(N2CCN(Cc3c[nH]c4ncccc34)CC2)c1. The molecule has 1 N–H and O–H groups in total. The Morgan fingerprint density at radius 1 is 1.17 bits per heavy atom. The molecule has 3 aromatic heterocycles. The van der Waals surface area contributed by atoms with E-state index in [0.717, 1.165) is 38.4 Å². The number of piperazine rings is 1. The summed E-state index contributed by atoms with van der Waals surface area (Å²) in [5, 5.41) is 1.23. The van der Waals surface area contributed by atoms with E-state index in [9.17, 15) is 0 Å². The van der Waals surface area contributed by atoms with Crippen molar-refractivity contribution in [3.05, 3.63) is 52.1 Å². The first kappa shape index (κ1) is 14.9. The van der Waals surface area contributed by atoms with E-state index in [1.807, 2.05) is 24.7 Å². The van der Waals surface area contributed by atoms with Crippen molar-refractivity contribution in [3.63, 3.8) is 0 Å². The molecule has 1 fully saturated rings. The Kier molecular flexibility index (Phi) is 4.17. The third kappa shape index (κ3) is 3.18. The molecule has 0 radical (unpaired) electrons. The Balaban J connectivity index is 1.42. The van der Waals surface area contributed by atoms with Crippen LogP contribution in [0.3, 0.4) is 0 Å². The maximum Gasteiger partial charge on any atom is 0.137 e. The lowest BCUT2D eigenvalue weighted by molar-refractivity contribution is 0.250. The quantitative estimate of drug-likeness (QED) is 0.664. The van der Waals surface area contributed by atoms with Crippen LogP contribution in [0, 0.1) is 3.57 Å². The molecular formula is C17H18IN5. The number of H-pyrrole nitrogens is 1. The first-order valence-corrected chi connectivity index (χ1v) is 8.86. The number of aromatic nitrogens is 3. The van der Waals surface area contributed by atoms with Gasteiger partial charge in [-0.05, 0) is 46.4 Å². The molecule has 6 heteroatoms. The van der Waals surface area contributed by atoms with Crippen LogP contribution in [0.25, 0.3) is 11.0 Å². The van der Waals surface area contributed by atoms with Crippen molar-refractivity contribution in [3.8, 4) is 0 Å². The third-order valence-electron chi connectivity index (χ3n) is 4.36. The molecule has 0 aromatic carbocycles. The van der Waals surface area contributed by atoms with E-state index < -0.39 is 0 Å². The van der Waals surface area contributed by atoms with Crippen LogP contribution in [-0.4, -0.2) is 46.0 Å². The normalized spacial score (nSPS) is 16.1. The van der Waals surface area contributed by atoms with Crippen molar-refractivity contribution in [1.29, 1.82) is 0 Å². The van der Waals surface area contributed by atoms with Crippen LogP contribution in [0.1, 0.15) is 5.56 Å². The fourth-order valence-corrected chi connectivity index (χ4v) is 3.60. The van der Waals surface area contributed by atoms with E-state index in [0.29, 0.717) is 0 Å². The van der Waals surface area contributed by atoms with Crippen molar-refractivity contribution in [2.75, 3.05) is 31.1 Å². The predicted molar refractivity (Wildman–Crippen MR) is 101 cm³/mol. The van der Waals surface area contributed by atoms with Crippen LogP contribution < -0.4 is 4.90 Å².